The van der Waals surface area contributed by atoms with E-state index in [1.807, 2.05) is 0 Å². The van der Waals surface area contributed by atoms with Crippen molar-refractivity contribution in [2.45, 2.75) is 19.3 Å². The van der Waals surface area contributed by atoms with Crippen LogP contribution in [0.4, 0.5) is 17.1 Å². The summed E-state index contributed by atoms with van der Waals surface area (Å²) in [4.78, 5) is 2.46. The van der Waals surface area contributed by atoms with E-state index in [1.54, 1.807) is 0 Å². The fourth-order valence-electron chi connectivity index (χ4n) is 9.17. The first-order chi connectivity index (χ1) is 27.0. The van der Waals surface area contributed by atoms with Gasteiger partial charge in [0.05, 0.1) is 5.69 Å². The summed E-state index contributed by atoms with van der Waals surface area (Å²) in [6.07, 6.45) is 0. The van der Waals surface area contributed by atoms with Crippen molar-refractivity contribution < 1.29 is 4.42 Å². The molecule has 1 aromatic heterocycles. The molecule has 0 amide bonds. The van der Waals surface area contributed by atoms with Crippen LogP contribution in [0.5, 0.6) is 0 Å². The number of nitrogens with zero attached hydrogens (tertiary/aromatic N) is 1. The van der Waals surface area contributed by atoms with Crippen LogP contribution in [0.3, 0.4) is 0 Å². The number of rotatable bonds is 5. The van der Waals surface area contributed by atoms with Crippen LogP contribution in [0.15, 0.2) is 192 Å². The lowest BCUT2D eigenvalue weighted by Gasteiger charge is -2.30. The Balaban J connectivity index is 1.22. The molecule has 10 aromatic rings. The Kier molecular flexibility index (Phi) is 6.93. The van der Waals surface area contributed by atoms with Crippen molar-refractivity contribution >= 4 is 60.5 Å². The molecule has 0 radical (unpaired) electrons. The van der Waals surface area contributed by atoms with E-state index < -0.39 is 0 Å². The smallest absolute Gasteiger partial charge is 0.143 e. The molecular formula is C53H37NO. The molecule has 0 unspecified atom stereocenters. The van der Waals surface area contributed by atoms with Gasteiger partial charge >= 0.3 is 0 Å². The zero-order chi connectivity index (χ0) is 36.7. The third-order valence-corrected chi connectivity index (χ3v) is 11.8. The fourth-order valence-corrected chi connectivity index (χ4v) is 9.17. The van der Waals surface area contributed by atoms with Gasteiger partial charge in [-0.3, -0.25) is 0 Å². The lowest BCUT2D eigenvalue weighted by molar-refractivity contribution is 0.660. The Labute approximate surface area is 320 Å². The molecule has 2 nitrogen and oxygen atoms in total. The van der Waals surface area contributed by atoms with E-state index in [9.17, 15) is 0 Å². The average Bonchev–Trinajstić information content (AvgIpc) is 3.73. The van der Waals surface area contributed by atoms with Crippen LogP contribution in [-0.4, -0.2) is 0 Å². The molecule has 1 aliphatic rings. The van der Waals surface area contributed by atoms with Gasteiger partial charge in [0.2, 0.25) is 0 Å². The maximum atomic E-state index is 6.95. The van der Waals surface area contributed by atoms with E-state index in [4.69, 9.17) is 4.42 Å². The van der Waals surface area contributed by atoms with E-state index >= 15 is 0 Å². The second-order valence-electron chi connectivity index (χ2n) is 15.3. The van der Waals surface area contributed by atoms with Crippen molar-refractivity contribution in [1.82, 2.24) is 0 Å². The van der Waals surface area contributed by atoms with Crippen molar-refractivity contribution in [3.05, 3.63) is 199 Å². The number of hydrogen-bond donors (Lipinski definition) is 0. The molecule has 0 bridgehead atoms. The number of furan rings is 1. The summed E-state index contributed by atoms with van der Waals surface area (Å²) in [6.45, 7) is 4.71. The van der Waals surface area contributed by atoms with Crippen LogP contribution in [0, 0.1) is 0 Å². The van der Waals surface area contributed by atoms with E-state index in [0.717, 1.165) is 55.5 Å². The summed E-state index contributed by atoms with van der Waals surface area (Å²) < 4.78 is 6.95. The first-order valence-electron chi connectivity index (χ1n) is 19.1. The van der Waals surface area contributed by atoms with E-state index in [1.165, 1.54) is 49.5 Å². The van der Waals surface area contributed by atoms with Crippen LogP contribution >= 0.6 is 0 Å². The molecule has 11 rings (SSSR count). The first kappa shape index (κ1) is 31.6. The minimum atomic E-state index is -0.141. The Morgan fingerprint density at radius 2 is 0.964 bits per heavy atom. The van der Waals surface area contributed by atoms with Gasteiger partial charge in [0.15, 0.2) is 0 Å². The highest BCUT2D eigenvalue weighted by atomic mass is 16.3. The second kappa shape index (κ2) is 12.1. The SMILES string of the molecule is CC1(C)c2ccccc2-c2ccc(N(c3ccc(-c4ccccc4)cc3)c3cc4c(cc3-c3ccccc3)oc3c5ccccc5c5ccccc5c43)cc21. The Morgan fingerprint density at radius 1 is 0.400 bits per heavy atom. The molecule has 0 saturated carbocycles. The van der Waals surface area contributed by atoms with Gasteiger partial charge in [0, 0.05) is 38.5 Å². The second-order valence-corrected chi connectivity index (χ2v) is 15.3. The van der Waals surface area contributed by atoms with Gasteiger partial charge in [-0.15, -0.1) is 0 Å². The molecule has 0 aliphatic heterocycles. The molecule has 0 saturated heterocycles. The first-order valence-corrected chi connectivity index (χ1v) is 19.1. The highest BCUT2D eigenvalue weighted by Gasteiger charge is 2.36. The molecule has 0 fully saturated rings. The Morgan fingerprint density at radius 3 is 1.71 bits per heavy atom. The van der Waals surface area contributed by atoms with Crippen LogP contribution in [0.2, 0.25) is 0 Å². The molecule has 0 atom stereocenters. The van der Waals surface area contributed by atoms with Crippen LogP contribution < -0.4 is 4.90 Å². The van der Waals surface area contributed by atoms with Crippen molar-refractivity contribution in [2.24, 2.45) is 0 Å². The minimum Gasteiger partial charge on any atom is -0.455 e. The fraction of sp³-hybridized carbons (Fsp3) is 0.0566. The van der Waals surface area contributed by atoms with E-state index in [-0.39, 0.29) is 5.41 Å². The largest absolute Gasteiger partial charge is 0.455 e. The lowest BCUT2D eigenvalue weighted by atomic mass is 9.82. The normalized spacial score (nSPS) is 13.1. The van der Waals surface area contributed by atoms with Gasteiger partial charge in [-0.2, -0.15) is 0 Å². The van der Waals surface area contributed by atoms with Crippen molar-refractivity contribution in [3.63, 3.8) is 0 Å². The van der Waals surface area contributed by atoms with Crippen LogP contribution in [0.1, 0.15) is 25.0 Å². The molecular weight excluding hydrogens is 667 g/mol. The standard InChI is InChI=1S/C53H37NO/c1-53(2)47-24-14-13-21-41(47)42-30-29-38(31-48(42)53)54(37-27-25-35(26-28-37)34-15-5-3-6-16-34)49-32-46-50(33-45(49)36-17-7-4-8-18-36)55-52-44-23-12-10-20-40(44)39-19-9-11-22-43(39)51(46)52/h3-33H,1-2H3. The number of anilines is 3. The molecule has 260 valence electrons. The van der Waals surface area contributed by atoms with Crippen molar-refractivity contribution in [1.29, 1.82) is 0 Å². The molecule has 0 N–H and O–H groups in total. The summed E-state index contributed by atoms with van der Waals surface area (Å²) in [7, 11) is 0. The maximum Gasteiger partial charge on any atom is 0.143 e. The quantitative estimate of drug-likeness (QED) is 0.166. The summed E-state index contributed by atoms with van der Waals surface area (Å²) in [6, 6.07) is 68.3. The molecule has 9 aromatic carbocycles. The summed E-state index contributed by atoms with van der Waals surface area (Å²) in [5, 5.41) is 7.01. The van der Waals surface area contributed by atoms with E-state index in [2.05, 4.69) is 207 Å². The predicted octanol–water partition coefficient (Wildman–Crippen LogP) is 15.0. The summed E-state index contributed by atoms with van der Waals surface area (Å²) in [5.74, 6) is 0. The zero-order valence-corrected chi connectivity index (χ0v) is 30.8. The van der Waals surface area contributed by atoms with Gasteiger partial charge in [0.1, 0.15) is 11.2 Å². The highest BCUT2D eigenvalue weighted by molar-refractivity contribution is 6.30. The summed E-state index contributed by atoms with van der Waals surface area (Å²) in [5.41, 5.74) is 14.9. The number of benzene rings is 9. The van der Waals surface area contributed by atoms with Gasteiger partial charge in [-0.1, -0.05) is 166 Å². The molecule has 0 spiro atoms. The number of fused-ring (bicyclic) bond motifs is 11. The van der Waals surface area contributed by atoms with Crippen LogP contribution in [-0.2, 0) is 5.41 Å². The zero-order valence-electron chi connectivity index (χ0n) is 30.8. The third kappa shape index (κ3) is 4.81. The predicted molar refractivity (Wildman–Crippen MR) is 232 cm³/mol. The number of hydrogen-bond acceptors (Lipinski definition) is 2. The summed E-state index contributed by atoms with van der Waals surface area (Å²) >= 11 is 0. The van der Waals surface area contributed by atoms with Gasteiger partial charge in [0.25, 0.3) is 0 Å². The Hall–Kier alpha value is -6.90. The maximum absolute atomic E-state index is 6.95. The topological polar surface area (TPSA) is 16.4 Å². The lowest BCUT2D eigenvalue weighted by Crippen LogP contribution is -2.17. The third-order valence-electron chi connectivity index (χ3n) is 11.8. The molecule has 55 heavy (non-hydrogen) atoms. The van der Waals surface area contributed by atoms with Gasteiger partial charge < -0.3 is 9.32 Å². The minimum absolute atomic E-state index is 0.141. The van der Waals surface area contributed by atoms with E-state index in [0.29, 0.717) is 0 Å². The van der Waals surface area contributed by atoms with Gasteiger partial charge in [-0.25, -0.2) is 0 Å². The van der Waals surface area contributed by atoms with Crippen LogP contribution in [0.25, 0.3) is 76.9 Å². The molecule has 1 aliphatic carbocycles. The molecule has 1 heterocycles. The highest BCUT2D eigenvalue weighted by Crippen LogP contribution is 2.52. The van der Waals surface area contributed by atoms with Crippen molar-refractivity contribution in [2.75, 3.05) is 4.90 Å². The average molecular weight is 704 g/mol. The monoisotopic (exact) mass is 703 g/mol. The van der Waals surface area contributed by atoms with Crippen molar-refractivity contribution in [3.8, 4) is 33.4 Å². The van der Waals surface area contributed by atoms with Gasteiger partial charge in [-0.05, 0) is 91.5 Å². The Bertz CT molecular complexity index is 3100. The molecule has 2 heteroatoms.